The van der Waals surface area contributed by atoms with Gasteiger partial charge >= 0.3 is 5.97 Å². The maximum Gasteiger partial charge on any atom is 0.322 e. The lowest BCUT2D eigenvalue weighted by molar-refractivity contribution is -0.138. The van der Waals surface area contributed by atoms with Crippen molar-refractivity contribution >= 4 is 29.6 Å². The van der Waals surface area contributed by atoms with Gasteiger partial charge in [-0.3, -0.25) is 24.0 Å². The van der Waals surface area contributed by atoms with Gasteiger partial charge in [-0.25, -0.2) is 0 Å². The second-order valence-corrected chi connectivity index (χ2v) is 6.38. The molecule has 1 aromatic rings. The van der Waals surface area contributed by atoms with Crippen molar-refractivity contribution < 1.29 is 29.1 Å². The molecule has 0 spiro atoms. The molecule has 1 aromatic carbocycles. The van der Waals surface area contributed by atoms with Crippen LogP contribution in [-0.4, -0.2) is 59.4 Å². The Morgan fingerprint density at radius 3 is 2.07 bits per heavy atom. The standard InChI is InChI=1S/C18H25N5O6/c1-10(19)16(27)22-13(8-14(20)24)18(29)23-12(17(28)21-9-15(25)26)7-11-5-3-2-4-6-11/h2-6,10,12-13H,7-9,19H2,1H3,(H2,20,24)(H,21,28)(H,22,27)(H,23,29)(H,25,26). The third-order valence-electron chi connectivity index (χ3n) is 3.78. The molecule has 0 aliphatic heterocycles. The third-order valence-corrected chi connectivity index (χ3v) is 3.78. The average molecular weight is 407 g/mol. The van der Waals surface area contributed by atoms with Crippen LogP contribution in [-0.2, 0) is 30.4 Å². The van der Waals surface area contributed by atoms with Gasteiger partial charge in [0.25, 0.3) is 0 Å². The fourth-order valence-corrected chi connectivity index (χ4v) is 2.33. The number of aliphatic carboxylic acids is 1. The molecule has 11 heteroatoms. The number of nitrogens with two attached hydrogens (primary N) is 2. The van der Waals surface area contributed by atoms with Crippen LogP contribution in [0.1, 0.15) is 18.9 Å². The van der Waals surface area contributed by atoms with Gasteiger partial charge in [-0.05, 0) is 12.5 Å². The van der Waals surface area contributed by atoms with Crippen LogP contribution in [0.15, 0.2) is 30.3 Å². The highest BCUT2D eigenvalue weighted by Gasteiger charge is 2.29. The van der Waals surface area contributed by atoms with E-state index >= 15 is 0 Å². The Balaban J connectivity index is 2.97. The lowest BCUT2D eigenvalue weighted by Crippen LogP contribution is -2.57. The second-order valence-electron chi connectivity index (χ2n) is 6.38. The van der Waals surface area contributed by atoms with Crippen molar-refractivity contribution in [2.45, 2.75) is 37.9 Å². The number of primary amides is 1. The van der Waals surface area contributed by atoms with Crippen molar-refractivity contribution in [3.05, 3.63) is 35.9 Å². The molecule has 4 amide bonds. The van der Waals surface area contributed by atoms with Gasteiger partial charge in [0, 0.05) is 6.42 Å². The van der Waals surface area contributed by atoms with Gasteiger partial charge in [0.05, 0.1) is 12.5 Å². The summed E-state index contributed by atoms with van der Waals surface area (Å²) in [5.74, 6) is -4.34. The minimum absolute atomic E-state index is 0.0581. The molecular formula is C18H25N5O6. The van der Waals surface area contributed by atoms with E-state index in [-0.39, 0.29) is 6.42 Å². The van der Waals surface area contributed by atoms with Crippen molar-refractivity contribution in [1.82, 2.24) is 16.0 Å². The fraction of sp³-hybridized carbons (Fsp3) is 0.389. The molecule has 0 saturated carbocycles. The van der Waals surface area contributed by atoms with Crippen molar-refractivity contribution in [2.75, 3.05) is 6.54 Å². The first-order valence-electron chi connectivity index (χ1n) is 8.78. The van der Waals surface area contributed by atoms with Gasteiger partial charge in [0.1, 0.15) is 18.6 Å². The first kappa shape index (κ1) is 23.6. The summed E-state index contributed by atoms with van der Waals surface area (Å²) in [4.78, 5) is 58.8. The number of carbonyl (C=O) groups excluding carboxylic acids is 4. The van der Waals surface area contributed by atoms with E-state index in [4.69, 9.17) is 16.6 Å². The van der Waals surface area contributed by atoms with Crippen LogP contribution in [0.5, 0.6) is 0 Å². The Hall–Kier alpha value is -3.47. The van der Waals surface area contributed by atoms with Crippen LogP contribution in [0.3, 0.4) is 0 Å². The molecule has 29 heavy (non-hydrogen) atoms. The molecule has 0 aliphatic rings. The lowest BCUT2D eigenvalue weighted by Gasteiger charge is -2.23. The highest BCUT2D eigenvalue weighted by atomic mass is 16.4. The van der Waals surface area contributed by atoms with Crippen molar-refractivity contribution in [1.29, 1.82) is 0 Å². The summed E-state index contributed by atoms with van der Waals surface area (Å²) >= 11 is 0. The van der Waals surface area contributed by atoms with Crippen molar-refractivity contribution in [3.63, 3.8) is 0 Å². The summed E-state index contributed by atoms with van der Waals surface area (Å²) < 4.78 is 0. The zero-order chi connectivity index (χ0) is 22.0. The first-order valence-corrected chi connectivity index (χ1v) is 8.78. The second kappa shape index (κ2) is 11.4. The van der Waals surface area contributed by atoms with E-state index in [1.165, 1.54) is 6.92 Å². The monoisotopic (exact) mass is 407 g/mol. The molecule has 0 fully saturated rings. The zero-order valence-electron chi connectivity index (χ0n) is 15.9. The van der Waals surface area contributed by atoms with Gasteiger partial charge in [0.15, 0.2) is 0 Å². The fourth-order valence-electron chi connectivity index (χ4n) is 2.33. The predicted octanol–water partition coefficient (Wildman–Crippen LogP) is -2.38. The minimum Gasteiger partial charge on any atom is -0.480 e. The van der Waals surface area contributed by atoms with Gasteiger partial charge < -0.3 is 32.5 Å². The topological polar surface area (TPSA) is 194 Å². The third kappa shape index (κ3) is 8.84. The summed E-state index contributed by atoms with van der Waals surface area (Å²) in [6, 6.07) is 5.28. The highest BCUT2D eigenvalue weighted by Crippen LogP contribution is 2.05. The van der Waals surface area contributed by atoms with Crippen molar-refractivity contribution in [2.24, 2.45) is 11.5 Å². The molecule has 3 atom stereocenters. The molecular weight excluding hydrogens is 382 g/mol. The number of rotatable bonds is 11. The van der Waals surface area contributed by atoms with E-state index in [0.717, 1.165) is 0 Å². The molecule has 0 heterocycles. The van der Waals surface area contributed by atoms with Gasteiger partial charge in [-0.15, -0.1) is 0 Å². The van der Waals surface area contributed by atoms with E-state index in [1.807, 2.05) is 0 Å². The van der Waals surface area contributed by atoms with E-state index < -0.39 is 60.7 Å². The largest absolute Gasteiger partial charge is 0.480 e. The number of hydrogen-bond acceptors (Lipinski definition) is 6. The summed E-state index contributed by atoms with van der Waals surface area (Å²) in [5.41, 5.74) is 11.3. The van der Waals surface area contributed by atoms with Crippen LogP contribution in [0.2, 0.25) is 0 Å². The molecule has 8 N–H and O–H groups in total. The summed E-state index contributed by atoms with van der Waals surface area (Å²) in [6.07, 6.45) is -0.443. The Labute approximate surface area is 167 Å². The summed E-state index contributed by atoms with van der Waals surface area (Å²) in [6.45, 7) is 0.762. The number of nitrogens with one attached hydrogen (secondary N) is 3. The van der Waals surface area contributed by atoms with Gasteiger partial charge in [-0.1, -0.05) is 30.3 Å². The molecule has 0 aliphatic carbocycles. The maximum absolute atomic E-state index is 12.6. The summed E-state index contributed by atoms with van der Waals surface area (Å²) in [7, 11) is 0. The summed E-state index contributed by atoms with van der Waals surface area (Å²) in [5, 5.41) is 15.7. The van der Waals surface area contributed by atoms with E-state index in [0.29, 0.717) is 5.56 Å². The van der Waals surface area contributed by atoms with Gasteiger partial charge in [-0.2, -0.15) is 0 Å². The Morgan fingerprint density at radius 2 is 1.55 bits per heavy atom. The quantitative estimate of drug-likeness (QED) is 0.236. The molecule has 3 unspecified atom stereocenters. The van der Waals surface area contributed by atoms with Crippen LogP contribution >= 0.6 is 0 Å². The molecule has 1 rings (SSSR count). The Morgan fingerprint density at radius 1 is 0.966 bits per heavy atom. The van der Waals surface area contributed by atoms with Crippen molar-refractivity contribution in [3.8, 4) is 0 Å². The van der Waals surface area contributed by atoms with E-state index in [2.05, 4.69) is 16.0 Å². The van der Waals surface area contributed by atoms with E-state index in [1.54, 1.807) is 30.3 Å². The smallest absolute Gasteiger partial charge is 0.322 e. The Bertz CT molecular complexity index is 752. The number of benzene rings is 1. The van der Waals surface area contributed by atoms with Crippen LogP contribution in [0, 0.1) is 0 Å². The van der Waals surface area contributed by atoms with Gasteiger partial charge in [0.2, 0.25) is 23.6 Å². The SMILES string of the molecule is CC(N)C(=O)NC(CC(N)=O)C(=O)NC(Cc1ccccc1)C(=O)NCC(=O)O. The molecule has 0 radical (unpaired) electrons. The number of hydrogen-bond donors (Lipinski definition) is 6. The van der Waals surface area contributed by atoms with Crippen LogP contribution in [0.25, 0.3) is 0 Å². The first-order chi connectivity index (χ1) is 13.6. The zero-order valence-corrected chi connectivity index (χ0v) is 15.9. The highest BCUT2D eigenvalue weighted by molar-refractivity contribution is 5.95. The maximum atomic E-state index is 12.6. The number of carboxylic acid groups (broad SMARTS) is 1. The predicted molar refractivity (Wildman–Crippen MR) is 102 cm³/mol. The van der Waals surface area contributed by atoms with E-state index in [9.17, 15) is 24.0 Å². The molecule has 0 saturated heterocycles. The number of carbonyl (C=O) groups is 5. The molecule has 158 valence electrons. The Kier molecular flexibility index (Phi) is 9.26. The van der Waals surface area contributed by atoms with Crippen LogP contribution < -0.4 is 27.4 Å². The lowest BCUT2D eigenvalue weighted by atomic mass is 10.0. The average Bonchev–Trinajstić information content (AvgIpc) is 2.65. The van der Waals surface area contributed by atoms with Crippen LogP contribution in [0.4, 0.5) is 0 Å². The molecule has 0 bridgehead atoms. The number of carboxylic acids is 1. The number of amides is 4. The normalized spacial score (nSPS) is 13.4. The minimum atomic E-state index is -1.34. The molecule has 11 nitrogen and oxygen atoms in total. The molecule has 0 aromatic heterocycles.